The summed E-state index contributed by atoms with van der Waals surface area (Å²) in [6, 6.07) is 43.1. The van der Waals surface area contributed by atoms with Crippen LogP contribution in [0, 0.1) is 6.92 Å². The van der Waals surface area contributed by atoms with Crippen LogP contribution in [0.2, 0.25) is 0 Å². The highest BCUT2D eigenvalue weighted by molar-refractivity contribution is 5.91. The molecule has 0 saturated heterocycles. The van der Waals surface area contributed by atoms with E-state index < -0.39 is 0 Å². The predicted octanol–water partition coefficient (Wildman–Crippen LogP) is 8.70. The molecular weight excluding hydrogens is 398 g/mol. The Morgan fingerprint density at radius 1 is 0.424 bits per heavy atom. The predicted molar refractivity (Wildman–Crippen MR) is 140 cm³/mol. The van der Waals surface area contributed by atoms with Crippen LogP contribution in [0.5, 0.6) is 0 Å². The Hall–Kier alpha value is -4.23. The Kier molecular flexibility index (Phi) is 4.74. The fourth-order valence-corrected chi connectivity index (χ4v) is 4.59. The summed E-state index contributed by atoms with van der Waals surface area (Å²) in [6.07, 6.45) is 0. The summed E-state index contributed by atoms with van der Waals surface area (Å²) in [6.45, 7) is 2.17. The minimum absolute atomic E-state index is 0.990. The van der Waals surface area contributed by atoms with Gasteiger partial charge in [0, 0.05) is 11.1 Å². The molecule has 5 aromatic carbocycles. The van der Waals surface area contributed by atoms with Gasteiger partial charge in [-0.15, -0.1) is 0 Å². The number of benzene rings is 5. The van der Waals surface area contributed by atoms with E-state index in [-0.39, 0.29) is 0 Å². The number of hydrogen-bond donors (Lipinski definition) is 0. The van der Waals surface area contributed by atoms with Crippen molar-refractivity contribution in [2.24, 2.45) is 0 Å². The zero-order valence-corrected chi connectivity index (χ0v) is 18.5. The lowest BCUT2D eigenvalue weighted by Crippen LogP contribution is -1.93. The molecule has 0 atom stereocenters. The van der Waals surface area contributed by atoms with Gasteiger partial charge in [0.05, 0.1) is 11.4 Å². The highest BCUT2D eigenvalue weighted by atomic mass is 14.7. The Balaban J connectivity index is 1.59. The van der Waals surface area contributed by atoms with Crippen LogP contribution < -0.4 is 0 Å². The first-order valence-electron chi connectivity index (χ1n) is 11.3. The van der Waals surface area contributed by atoms with Crippen LogP contribution in [0.1, 0.15) is 5.56 Å². The van der Waals surface area contributed by atoms with Crippen LogP contribution in [0.3, 0.4) is 0 Å². The summed E-state index contributed by atoms with van der Waals surface area (Å²) in [4.78, 5) is 5.17. The van der Waals surface area contributed by atoms with Gasteiger partial charge in [-0.3, -0.25) is 0 Å². The lowest BCUT2D eigenvalue weighted by molar-refractivity contribution is 1.31. The van der Waals surface area contributed by atoms with Gasteiger partial charge in [-0.2, -0.15) is 0 Å². The normalized spacial score (nSPS) is 11.2. The second kappa shape index (κ2) is 8.03. The number of nitrogens with zero attached hydrogens (tertiary/aromatic N) is 1. The smallest absolute Gasteiger partial charge is 0.0718 e. The molecule has 0 aliphatic carbocycles. The van der Waals surface area contributed by atoms with Crippen LogP contribution in [0.4, 0.5) is 0 Å². The maximum Gasteiger partial charge on any atom is 0.0718 e. The van der Waals surface area contributed by atoms with E-state index >= 15 is 0 Å². The molecule has 0 N–H and O–H groups in total. The highest BCUT2D eigenvalue weighted by Crippen LogP contribution is 2.34. The molecule has 0 unspecified atom stereocenters. The van der Waals surface area contributed by atoms with Gasteiger partial charge in [-0.1, -0.05) is 97.1 Å². The number of rotatable bonds is 3. The molecule has 0 fully saturated rings. The Morgan fingerprint density at radius 2 is 1.03 bits per heavy atom. The SMILES string of the molecule is Cc1cc2ccccc2cc1-c1cc(-c2ccccc2)cc(-c2ccc3ccccc3c2)n1. The van der Waals surface area contributed by atoms with Crippen molar-refractivity contribution in [3.8, 4) is 33.6 Å². The fourth-order valence-electron chi connectivity index (χ4n) is 4.59. The Labute approximate surface area is 194 Å². The molecular formula is C32H23N. The van der Waals surface area contributed by atoms with E-state index in [9.17, 15) is 0 Å². The van der Waals surface area contributed by atoms with Crippen molar-refractivity contribution < 1.29 is 0 Å². The van der Waals surface area contributed by atoms with Crippen molar-refractivity contribution in [2.45, 2.75) is 6.92 Å². The summed E-state index contributed by atoms with van der Waals surface area (Å²) in [7, 11) is 0. The van der Waals surface area contributed by atoms with Gasteiger partial charge in [0.25, 0.3) is 0 Å². The van der Waals surface area contributed by atoms with Crippen LogP contribution in [-0.4, -0.2) is 4.98 Å². The molecule has 33 heavy (non-hydrogen) atoms. The summed E-state index contributed by atoms with van der Waals surface area (Å²) in [5.41, 5.74) is 7.90. The maximum absolute atomic E-state index is 5.17. The average Bonchev–Trinajstić information content (AvgIpc) is 2.88. The van der Waals surface area contributed by atoms with Crippen molar-refractivity contribution in [3.05, 3.63) is 127 Å². The van der Waals surface area contributed by atoms with Gasteiger partial charge in [-0.05, 0) is 69.4 Å². The van der Waals surface area contributed by atoms with Crippen molar-refractivity contribution in [3.63, 3.8) is 0 Å². The zero-order valence-electron chi connectivity index (χ0n) is 18.5. The molecule has 0 spiro atoms. The van der Waals surface area contributed by atoms with Crippen LogP contribution in [0.25, 0.3) is 55.2 Å². The molecule has 1 nitrogen and oxygen atoms in total. The molecule has 6 rings (SSSR count). The molecule has 0 saturated carbocycles. The first-order chi connectivity index (χ1) is 16.2. The summed E-state index contributed by atoms with van der Waals surface area (Å²) >= 11 is 0. The molecule has 0 amide bonds. The molecule has 1 aromatic heterocycles. The monoisotopic (exact) mass is 421 g/mol. The minimum Gasteiger partial charge on any atom is -0.248 e. The molecule has 1 heterocycles. The second-order valence-electron chi connectivity index (χ2n) is 8.57. The first kappa shape index (κ1) is 19.5. The van der Waals surface area contributed by atoms with Gasteiger partial charge in [0.15, 0.2) is 0 Å². The van der Waals surface area contributed by atoms with E-state index in [0.29, 0.717) is 0 Å². The summed E-state index contributed by atoms with van der Waals surface area (Å²) in [5.74, 6) is 0. The maximum atomic E-state index is 5.17. The number of fused-ring (bicyclic) bond motifs is 2. The van der Waals surface area contributed by atoms with Crippen molar-refractivity contribution in [2.75, 3.05) is 0 Å². The third kappa shape index (κ3) is 3.68. The molecule has 0 bridgehead atoms. The van der Waals surface area contributed by atoms with Gasteiger partial charge in [-0.25, -0.2) is 4.98 Å². The number of pyridine rings is 1. The molecule has 0 aliphatic heterocycles. The fraction of sp³-hybridized carbons (Fsp3) is 0.0312. The van der Waals surface area contributed by atoms with Gasteiger partial charge in [0.2, 0.25) is 0 Å². The van der Waals surface area contributed by atoms with E-state index in [2.05, 4.69) is 128 Å². The zero-order chi connectivity index (χ0) is 22.2. The minimum atomic E-state index is 0.990. The van der Waals surface area contributed by atoms with Gasteiger partial charge >= 0.3 is 0 Å². The molecule has 156 valence electrons. The summed E-state index contributed by atoms with van der Waals surface area (Å²) < 4.78 is 0. The first-order valence-corrected chi connectivity index (χ1v) is 11.3. The summed E-state index contributed by atoms with van der Waals surface area (Å²) in [5, 5.41) is 4.96. The number of hydrogen-bond acceptors (Lipinski definition) is 1. The van der Waals surface area contributed by atoms with Crippen molar-refractivity contribution >= 4 is 21.5 Å². The van der Waals surface area contributed by atoms with E-state index in [1.54, 1.807) is 0 Å². The van der Waals surface area contributed by atoms with E-state index in [0.717, 1.165) is 17.0 Å². The average molecular weight is 422 g/mol. The van der Waals surface area contributed by atoms with Gasteiger partial charge in [0.1, 0.15) is 0 Å². The van der Waals surface area contributed by atoms with Gasteiger partial charge < -0.3 is 0 Å². The standard InChI is InChI=1S/C32H23N/c1-22-17-25-12-7-8-14-27(25)19-30(22)32-21-29(23-9-3-2-4-10-23)20-31(33-32)28-16-15-24-11-5-6-13-26(24)18-28/h2-21H,1H3. The molecule has 0 aliphatic rings. The van der Waals surface area contributed by atoms with Crippen LogP contribution >= 0.6 is 0 Å². The third-order valence-corrected chi connectivity index (χ3v) is 6.35. The molecule has 6 aromatic rings. The molecule has 1 heteroatoms. The van der Waals surface area contributed by atoms with Crippen molar-refractivity contribution in [1.82, 2.24) is 4.98 Å². The Bertz CT molecular complexity index is 1610. The number of aromatic nitrogens is 1. The largest absolute Gasteiger partial charge is 0.248 e. The molecule has 0 radical (unpaired) electrons. The second-order valence-corrected chi connectivity index (χ2v) is 8.57. The van der Waals surface area contributed by atoms with Crippen LogP contribution in [-0.2, 0) is 0 Å². The lowest BCUT2D eigenvalue weighted by Gasteiger charge is -2.13. The van der Waals surface area contributed by atoms with Crippen LogP contribution in [0.15, 0.2) is 121 Å². The van der Waals surface area contributed by atoms with Crippen molar-refractivity contribution in [1.29, 1.82) is 0 Å². The Morgan fingerprint density at radius 3 is 1.79 bits per heavy atom. The van der Waals surface area contributed by atoms with E-state index in [1.807, 2.05) is 0 Å². The topological polar surface area (TPSA) is 12.9 Å². The third-order valence-electron chi connectivity index (χ3n) is 6.35. The van der Waals surface area contributed by atoms with E-state index in [4.69, 9.17) is 4.98 Å². The quantitative estimate of drug-likeness (QED) is 0.278. The lowest BCUT2D eigenvalue weighted by atomic mass is 9.95. The van der Waals surface area contributed by atoms with E-state index in [1.165, 1.54) is 43.8 Å². The highest BCUT2D eigenvalue weighted by Gasteiger charge is 2.12. The number of aryl methyl sites for hydroxylation is 1.